The highest BCUT2D eigenvalue weighted by Gasteiger charge is 2.29. The molecule has 0 aromatic heterocycles. The number of nitrogens with zero attached hydrogens (tertiary/aromatic N) is 2. The highest BCUT2D eigenvalue weighted by molar-refractivity contribution is 5.81. The zero-order chi connectivity index (χ0) is 12.1. The number of carbonyl (C=O) groups excluding carboxylic acids is 1. The predicted molar refractivity (Wildman–Crippen MR) is 65.9 cm³/mol. The van der Waals surface area contributed by atoms with Crippen LogP contribution in [0.2, 0.25) is 0 Å². The van der Waals surface area contributed by atoms with Crippen LogP contribution in [0.5, 0.6) is 0 Å². The molecule has 1 amide bonds. The molecule has 1 unspecified atom stereocenters. The van der Waals surface area contributed by atoms with Crippen LogP contribution in [-0.2, 0) is 9.53 Å². The van der Waals surface area contributed by atoms with E-state index in [1.54, 1.807) is 0 Å². The van der Waals surface area contributed by atoms with Crippen LogP contribution < -0.4 is 5.32 Å². The first kappa shape index (κ1) is 12.8. The number of carbonyl (C=O) groups is 1. The zero-order valence-electron chi connectivity index (χ0n) is 10.7. The van der Waals surface area contributed by atoms with Crippen LogP contribution in [0.1, 0.15) is 13.3 Å². The molecule has 5 heteroatoms. The molecule has 2 saturated heterocycles. The molecule has 2 aliphatic rings. The van der Waals surface area contributed by atoms with Gasteiger partial charge in [-0.05, 0) is 19.5 Å². The summed E-state index contributed by atoms with van der Waals surface area (Å²) in [5, 5.41) is 3.31. The third kappa shape index (κ3) is 3.40. The van der Waals surface area contributed by atoms with Crippen molar-refractivity contribution in [1.29, 1.82) is 0 Å². The van der Waals surface area contributed by atoms with E-state index in [4.69, 9.17) is 4.74 Å². The largest absolute Gasteiger partial charge is 0.366 e. The minimum absolute atomic E-state index is 0.173. The third-order valence-electron chi connectivity index (χ3n) is 3.52. The summed E-state index contributed by atoms with van der Waals surface area (Å²) < 4.78 is 5.61. The van der Waals surface area contributed by atoms with Gasteiger partial charge in [0.2, 0.25) is 0 Å². The first-order chi connectivity index (χ1) is 8.31. The van der Waals surface area contributed by atoms with Gasteiger partial charge in [0, 0.05) is 32.7 Å². The Balaban J connectivity index is 1.89. The Hall–Kier alpha value is -0.650. The molecule has 0 aromatic carbocycles. The van der Waals surface area contributed by atoms with Crippen LogP contribution >= 0.6 is 0 Å². The normalized spacial score (nSPS) is 27.8. The average molecular weight is 241 g/mol. The summed E-state index contributed by atoms with van der Waals surface area (Å²) >= 11 is 0. The topological polar surface area (TPSA) is 44.8 Å². The minimum atomic E-state index is -0.248. The summed E-state index contributed by atoms with van der Waals surface area (Å²) in [5.41, 5.74) is 0. The van der Waals surface area contributed by atoms with Crippen LogP contribution in [0.4, 0.5) is 0 Å². The average Bonchev–Trinajstić information content (AvgIpc) is 2.67. The summed E-state index contributed by atoms with van der Waals surface area (Å²) in [5.74, 6) is 0.173. The van der Waals surface area contributed by atoms with E-state index < -0.39 is 0 Å². The van der Waals surface area contributed by atoms with Gasteiger partial charge in [0.25, 0.3) is 5.91 Å². The van der Waals surface area contributed by atoms with Crippen molar-refractivity contribution in [2.24, 2.45) is 0 Å². The van der Waals surface area contributed by atoms with Crippen LogP contribution in [0.3, 0.4) is 0 Å². The first-order valence-corrected chi connectivity index (χ1v) is 6.64. The second-order valence-electron chi connectivity index (χ2n) is 4.68. The van der Waals surface area contributed by atoms with E-state index in [2.05, 4.69) is 17.1 Å². The molecule has 0 radical (unpaired) electrons. The molecule has 2 heterocycles. The molecule has 0 aromatic rings. The molecule has 1 atom stereocenters. The van der Waals surface area contributed by atoms with Crippen LogP contribution in [0, 0.1) is 0 Å². The Morgan fingerprint density at radius 3 is 3.06 bits per heavy atom. The van der Waals surface area contributed by atoms with E-state index in [1.807, 2.05) is 4.90 Å². The lowest BCUT2D eigenvalue weighted by atomic mass is 10.2. The van der Waals surface area contributed by atoms with Gasteiger partial charge in [-0.1, -0.05) is 6.92 Å². The predicted octanol–water partition coefficient (Wildman–Crippen LogP) is -0.471. The molecule has 1 N–H and O–H groups in total. The number of amides is 1. The van der Waals surface area contributed by atoms with Gasteiger partial charge in [0.15, 0.2) is 0 Å². The highest BCUT2D eigenvalue weighted by atomic mass is 16.5. The van der Waals surface area contributed by atoms with Gasteiger partial charge < -0.3 is 15.0 Å². The quantitative estimate of drug-likeness (QED) is 0.710. The lowest BCUT2D eigenvalue weighted by Crippen LogP contribution is -2.51. The van der Waals surface area contributed by atoms with Crippen molar-refractivity contribution in [1.82, 2.24) is 15.1 Å². The number of nitrogens with one attached hydrogen (secondary N) is 1. The Kier molecular flexibility index (Phi) is 4.76. The number of ether oxygens (including phenoxy) is 1. The second kappa shape index (κ2) is 6.33. The van der Waals surface area contributed by atoms with Gasteiger partial charge in [-0.25, -0.2) is 0 Å². The minimum Gasteiger partial charge on any atom is -0.366 e. The summed E-state index contributed by atoms with van der Waals surface area (Å²) in [6, 6.07) is 0. The number of likely N-dealkylation sites (N-methyl/N-ethyl adjacent to an activating group) is 1. The SMILES string of the molecule is CCN1CCOC(C(=O)N2CCCNCC2)C1. The zero-order valence-corrected chi connectivity index (χ0v) is 10.7. The first-order valence-electron chi connectivity index (χ1n) is 6.64. The van der Waals surface area contributed by atoms with Gasteiger partial charge in [-0.15, -0.1) is 0 Å². The maximum absolute atomic E-state index is 12.3. The number of hydrogen-bond acceptors (Lipinski definition) is 4. The molecule has 2 fully saturated rings. The van der Waals surface area contributed by atoms with E-state index in [-0.39, 0.29) is 12.0 Å². The Morgan fingerprint density at radius 1 is 1.35 bits per heavy atom. The molecule has 17 heavy (non-hydrogen) atoms. The van der Waals surface area contributed by atoms with Gasteiger partial charge in [-0.2, -0.15) is 0 Å². The maximum Gasteiger partial charge on any atom is 0.253 e. The van der Waals surface area contributed by atoms with Crippen molar-refractivity contribution in [3.63, 3.8) is 0 Å². The molecule has 2 rings (SSSR count). The molecule has 0 spiro atoms. The van der Waals surface area contributed by atoms with E-state index in [0.29, 0.717) is 6.61 Å². The van der Waals surface area contributed by atoms with Crippen molar-refractivity contribution in [2.45, 2.75) is 19.4 Å². The van der Waals surface area contributed by atoms with Crippen LogP contribution in [0.15, 0.2) is 0 Å². The molecular formula is C12H23N3O2. The van der Waals surface area contributed by atoms with Gasteiger partial charge in [-0.3, -0.25) is 9.69 Å². The number of hydrogen-bond donors (Lipinski definition) is 1. The van der Waals surface area contributed by atoms with Crippen molar-refractivity contribution >= 4 is 5.91 Å². The van der Waals surface area contributed by atoms with Crippen molar-refractivity contribution < 1.29 is 9.53 Å². The van der Waals surface area contributed by atoms with E-state index in [0.717, 1.165) is 52.2 Å². The highest BCUT2D eigenvalue weighted by Crippen LogP contribution is 2.09. The molecule has 0 saturated carbocycles. The molecule has 5 nitrogen and oxygen atoms in total. The van der Waals surface area contributed by atoms with Crippen molar-refractivity contribution in [2.75, 3.05) is 52.4 Å². The Labute approximate surface area is 103 Å². The van der Waals surface area contributed by atoms with Gasteiger partial charge >= 0.3 is 0 Å². The monoisotopic (exact) mass is 241 g/mol. The molecule has 0 bridgehead atoms. The summed E-state index contributed by atoms with van der Waals surface area (Å²) in [4.78, 5) is 16.5. The van der Waals surface area contributed by atoms with Crippen LogP contribution in [0.25, 0.3) is 0 Å². The second-order valence-corrected chi connectivity index (χ2v) is 4.68. The van der Waals surface area contributed by atoms with Crippen molar-refractivity contribution in [3.05, 3.63) is 0 Å². The standard InChI is InChI=1S/C12H23N3O2/c1-2-14-8-9-17-11(10-14)12(16)15-6-3-4-13-5-7-15/h11,13H,2-10H2,1H3. The lowest BCUT2D eigenvalue weighted by molar-refractivity contribution is -0.149. The van der Waals surface area contributed by atoms with Gasteiger partial charge in [0.05, 0.1) is 6.61 Å². The number of rotatable bonds is 2. The summed E-state index contributed by atoms with van der Waals surface area (Å²) in [7, 11) is 0. The van der Waals surface area contributed by atoms with E-state index >= 15 is 0 Å². The van der Waals surface area contributed by atoms with E-state index in [9.17, 15) is 4.79 Å². The Morgan fingerprint density at radius 2 is 2.24 bits per heavy atom. The van der Waals surface area contributed by atoms with E-state index in [1.165, 1.54) is 0 Å². The summed E-state index contributed by atoms with van der Waals surface area (Å²) in [6.45, 7) is 9.07. The fraction of sp³-hybridized carbons (Fsp3) is 0.917. The third-order valence-corrected chi connectivity index (χ3v) is 3.52. The molecule has 2 aliphatic heterocycles. The number of morpholine rings is 1. The van der Waals surface area contributed by atoms with Crippen LogP contribution in [-0.4, -0.2) is 74.2 Å². The fourth-order valence-corrected chi connectivity index (χ4v) is 2.41. The molecule has 0 aliphatic carbocycles. The maximum atomic E-state index is 12.3. The molecular weight excluding hydrogens is 218 g/mol. The lowest BCUT2D eigenvalue weighted by Gasteiger charge is -2.34. The summed E-state index contributed by atoms with van der Waals surface area (Å²) in [6.07, 6.45) is 0.789. The van der Waals surface area contributed by atoms with Gasteiger partial charge in [0.1, 0.15) is 6.10 Å². The molecule has 98 valence electrons. The Bertz CT molecular complexity index is 252. The van der Waals surface area contributed by atoms with Crippen molar-refractivity contribution in [3.8, 4) is 0 Å². The fourth-order valence-electron chi connectivity index (χ4n) is 2.41. The smallest absolute Gasteiger partial charge is 0.253 e.